The van der Waals surface area contributed by atoms with E-state index in [0.29, 0.717) is 5.39 Å². The second-order valence-corrected chi connectivity index (χ2v) is 7.97. The summed E-state index contributed by atoms with van der Waals surface area (Å²) in [5.41, 5.74) is 6.45. The molecule has 0 saturated heterocycles. The summed E-state index contributed by atoms with van der Waals surface area (Å²) in [7, 11) is 1.77. The summed E-state index contributed by atoms with van der Waals surface area (Å²) in [6.45, 7) is 5.71. The van der Waals surface area contributed by atoms with Crippen molar-refractivity contribution < 1.29 is 4.79 Å². The van der Waals surface area contributed by atoms with Crippen molar-refractivity contribution in [1.29, 1.82) is 0 Å². The lowest BCUT2D eigenvalue weighted by atomic mass is 9.87. The Hall–Kier alpha value is -3.72. The normalized spacial score (nSPS) is 10.9. The molecule has 3 nitrogen and oxygen atoms in total. The molecule has 0 aliphatic rings. The molecule has 0 N–H and O–H groups in total. The number of carbonyl (C=O) groups is 1. The molecule has 0 radical (unpaired) electrons. The molecule has 1 aromatic heterocycles. The summed E-state index contributed by atoms with van der Waals surface area (Å²) in [5, 5.41) is 1.57. The standard InChI is InChI=1S/C28H25NO2/c1-4-23(30)17-22-9-7-8-21(16-20-14-12-19(2)13-15-20)27(22)26-18-29(3)28(31)25-11-6-5-10-24(25)26/h4-15,18H,1,16-17H2,2-3H3. The molecule has 0 aliphatic carbocycles. The van der Waals surface area contributed by atoms with Gasteiger partial charge in [0.15, 0.2) is 5.78 Å². The average molecular weight is 408 g/mol. The molecule has 31 heavy (non-hydrogen) atoms. The molecular formula is C28H25NO2. The van der Waals surface area contributed by atoms with Crippen LogP contribution in [0.4, 0.5) is 0 Å². The van der Waals surface area contributed by atoms with Crippen LogP contribution in [-0.4, -0.2) is 10.4 Å². The first-order valence-electron chi connectivity index (χ1n) is 10.4. The zero-order valence-corrected chi connectivity index (χ0v) is 17.9. The van der Waals surface area contributed by atoms with Gasteiger partial charge >= 0.3 is 0 Å². The van der Waals surface area contributed by atoms with E-state index in [4.69, 9.17) is 0 Å². The first-order valence-corrected chi connectivity index (χ1v) is 10.4. The minimum atomic E-state index is -0.0286. The highest BCUT2D eigenvalue weighted by Gasteiger charge is 2.17. The second-order valence-electron chi connectivity index (χ2n) is 7.97. The number of pyridine rings is 1. The third kappa shape index (κ3) is 4.13. The number of aryl methyl sites for hydroxylation is 2. The Morgan fingerprint density at radius 3 is 2.32 bits per heavy atom. The van der Waals surface area contributed by atoms with Crippen LogP contribution in [0, 0.1) is 6.92 Å². The number of carbonyl (C=O) groups excluding carboxylic acids is 1. The molecule has 0 fully saturated rings. The van der Waals surface area contributed by atoms with Gasteiger partial charge in [-0.1, -0.05) is 72.8 Å². The zero-order chi connectivity index (χ0) is 22.0. The molecule has 4 rings (SSSR count). The third-order valence-electron chi connectivity index (χ3n) is 5.70. The van der Waals surface area contributed by atoms with Crippen LogP contribution in [0.1, 0.15) is 22.3 Å². The molecule has 4 aromatic rings. The fourth-order valence-electron chi connectivity index (χ4n) is 4.10. The quantitative estimate of drug-likeness (QED) is 0.401. The van der Waals surface area contributed by atoms with Gasteiger partial charge in [-0.2, -0.15) is 0 Å². The van der Waals surface area contributed by atoms with Crippen LogP contribution in [0.15, 0.2) is 90.4 Å². The first kappa shape index (κ1) is 20.5. The Morgan fingerprint density at radius 1 is 0.935 bits per heavy atom. The maximum atomic E-state index is 12.7. The highest BCUT2D eigenvalue weighted by molar-refractivity contribution is 5.99. The van der Waals surface area contributed by atoms with E-state index in [-0.39, 0.29) is 17.8 Å². The summed E-state index contributed by atoms with van der Waals surface area (Å²) in [6.07, 6.45) is 4.27. The average Bonchev–Trinajstić information content (AvgIpc) is 2.78. The van der Waals surface area contributed by atoms with Crippen molar-refractivity contribution in [2.75, 3.05) is 0 Å². The van der Waals surface area contributed by atoms with Crippen molar-refractivity contribution in [3.63, 3.8) is 0 Å². The van der Waals surface area contributed by atoms with Crippen LogP contribution in [-0.2, 0) is 24.7 Å². The minimum Gasteiger partial charge on any atom is -0.317 e. The molecule has 3 heteroatoms. The maximum absolute atomic E-state index is 12.7. The molecule has 0 amide bonds. The molecule has 0 unspecified atom stereocenters. The number of ketones is 1. The molecule has 3 aromatic carbocycles. The number of nitrogens with zero attached hydrogens (tertiary/aromatic N) is 1. The highest BCUT2D eigenvalue weighted by Crippen LogP contribution is 2.34. The predicted molar refractivity (Wildman–Crippen MR) is 128 cm³/mol. The van der Waals surface area contributed by atoms with E-state index < -0.39 is 0 Å². The summed E-state index contributed by atoms with van der Waals surface area (Å²) >= 11 is 0. The lowest BCUT2D eigenvalue weighted by molar-refractivity contribution is -0.114. The Labute approximate surface area is 182 Å². The first-order chi connectivity index (χ1) is 15.0. The number of hydrogen-bond acceptors (Lipinski definition) is 2. The number of fused-ring (bicyclic) bond motifs is 1. The molecule has 0 aliphatic heterocycles. The topological polar surface area (TPSA) is 39.1 Å². The van der Waals surface area contributed by atoms with E-state index in [1.807, 2.05) is 42.6 Å². The van der Waals surface area contributed by atoms with Crippen molar-refractivity contribution in [3.05, 3.63) is 118 Å². The lowest BCUT2D eigenvalue weighted by Gasteiger charge is -2.18. The van der Waals surface area contributed by atoms with E-state index in [1.165, 1.54) is 17.2 Å². The summed E-state index contributed by atoms with van der Waals surface area (Å²) in [5.74, 6) is -0.0251. The van der Waals surface area contributed by atoms with Crippen molar-refractivity contribution in [2.24, 2.45) is 7.05 Å². The van der Waals surface area contributed by atoms with E-state index in [0.717, 1.165) is 34.1 Å². The highest BCUT2D eigenvalue weighted by atomic mass is 16.1. The lowest BCUT2D eigenvalue weighted by Crippen LogP contribution is -2.17. The van der Waals surface area contributed by atoms with Crippen LogP contribution in [0.3, 0.4) is 0 Å². The van der Waals surface area contributed by atoms with Crippen LogP contribution >= 0.6 is 0 Å². The number of allylic oxidation sites excluding steroid dienone is 1. The van der Waals surface area contributed by atoms with Gasteiger partial charge in [0.25, 0.3) is 5.56 Å². The van der Waals surface area contributed by atoms with Crippen molar-refractivity contribution in [2.45, 2.75) is 19.8 Å². The Bertz CT molecular complexity index is 1340. The maximum Gasteiger partial charge on any atom is 0.258 e. The van der Waals surface area contributed by atoms with Gasteiger partial charge in [-0.25, -0.2) is 0 Å². The van der Waals surface area contributed by atoms with Gasteiger partial charge in [0.1, 0.15) is 0 Å². The molecular weight excluding hydrogens is 382 g/mol. The molecule has 0 saturated carbocycles. The molecule has 154 valence electrons. The summed E-state index contributed by atoms with van der Waals surface area (Å²) in [6, 6.07) is 22.3. The van der Waals surface area contributed by atoms with E-state index in [1.54, 1.807) is 11.6 Å². The van der Waals surface area contributed by atoms with Gasteiger partial charge in [0, 0.05) is 30.6 Å². The zero-order valence-electron chi connectivity index (χ0n) is 17.9. The summed E-state index contributed by atoms with van der Waals surface area (Å²) in [4.78, 5) is 25.0. The number of aromatic nitrogens is 1. The van der Waals surface area contributed by atoms with Gasteiger partial charge in [0.2, 0.25) is 0 Å². The van der Waals surface area contributed by atoms with Crippen LogP contribution < -0.4 is 5.56 Å². The van der Waals surface area contributed by atoms with E-state index in [2.05, 4.69) is 43.8 Å². The van der Waals surface area contributed by atoms with E-state index >= 15 is 0 Å². The number of benzene rings is 3. The van der Waals surface area contributed by atoms with Crippen LogP contribution in [0.25, 0.3) is 21.9 Å². The molecule has 0 bridgehead atoms. The van der Waals surface area contributed by atoms with Gasteiger partial charge < -0.3 is 4.57 Å². The Kier molecular flexibility index (Phi) is 5.68. The van der Waals surface area contributed by atoms with Gasteiger partial charge in [0.05, 0.1) is 0 Å². The smallest absolute Gasteiger partial charge is 0.258 e. The van der Waals surface area contributed by atoms with E-state index in [9.17, 15) is 9.59 Å². The predicted octanol–water partition coefficient (Wildman–Crippen LogP) is 5.40. The minimum absolute atomic E-state index is 0.0251. The summed E-state index contributed by atoms with van der Waals surface area (Å²) < 4.78 is 1.62. The fourth-order valence-corrected chi connectivity index (χ4v) is 4.10. The van der Waals surface area contributed by atoms with Crippen molar-refractivity contribution in [1.82, 2.24) is 4.57 Å². The van der Waals surface area contributed by atoms with Crippen molar-refractivity contribution in [3.8, 4) is 11.1 Å². The van der Waals surface area contributed by atoms with Crippen molar-refractivity contribution >= 4 is 16.6 Å². The number of hydrogen-bond donors (Lipinski definition) is 0. The van der Waals surface area contributed by atoms with Crippen LogP contribution in [0.2, 0.25) is 0 Å². The molecule has 0 spiro atoms. The molecule has 0 atom stereocenters. The molecule has 1 heterocycles. The Morgan fingerprint density at radius 2 is 1.61 bits per heavy atom. The van der Waals surface area contributed by atoms with Gasteiger partial charge in [-0.05, 0) is 53.1 Å². The largest absolute Gasteiger partial charge is 0.317 e. The third-order valence-corrected chi connectivity index (χ3v) is 5.70. The van der Waals surface area contributed by atoms with Gasteiger partial charge in [-0.3, -0.25) is 9.59 Å². The fraction of sp³-hybridized carbons (Fsp3) is 0.143. The SMILES string of the molecule is C=CC(=O)Cc1cccc(Cc2ccc(C)cc2)c1-c1cn(C)c(=O)c2ccccc12. The Balaban J connectivity index is 1.99. The monoisotopic (exact) mass is 407 g/mol. The van der Waals surface area contributed by atoms with Gasteiger partial charge in [-0.15, -0.1) is 0 Å². The van der Waals surface area contributed by atoms with Crippen LogP contribution in [0.5, 0.6) is 0 Å². The second kappa shape index (κ2) is 8.57. The number of rotatable bonds is 6.